The highest BCUT2D eigenvalue weighted by Crippen LogP contribution is 2.26. The van der Waals surface area contributed by atoms with Crippen molar-refractivity contribution in [3.8, 4) is 0 Å². The fourth-order valence-corrected chi connectivity index (χ4v) is 4.50. The van der Waals surface area contributed by atoms with Gasteiger partial charge in [-0.1, -0.05) is 54.6 Å². The van der Waals surface area contributed by atoms with Gasteiger partial charge in [0.1, 0.15) is 0 Å². The van der Waals surface area contributed by atoms with Gasteiger partial charge >= 0.3 is 0 Å². The van der Waals surface area contributed by atoms with Crippen molar-refractivity contribution in [1.29, 1.82) is 0 Å². The van der Waals surface area contributed by atoms with E-state index in [1.165, 1.54) is 0 Å². The lowest BCUT2D eigenvalue weighted by atomic mass is 10.0. The number of rotatable bonds is 5. The molecule has 1 heterocycles. The lowest BCUT2D eigenvalue weighted by Gasteiger charge is -2.33. The predicted molar refractivity (Wildman–Crippen MR) is 95.4 cm³/mol. The first-order valence-electron chi connectivity index (χ1n) is 8.25. The molecule has 24 heavy (non-hydrogen) atoms. The molecule has 0 spiro atoms. The standard InChI is InChI=1S/C19H23NO3S/c1-16-7-5-6-10-18(16)19-15-20(12-13-23-19)24(21,22)14-11-17-8-3-2-4-9-17/h2-10,19H,11-15H2,1H3. The second-order valence-corrected chi connectivity index (χ2v) is 8.21. The molecule has 5 heteroatoms. The summed E-state index contributed by atoms with van der Waals surface area (Å²) in [6.07, 6.45) is 0.349. The summed E-state index contributed by atoms with van der Waals surface area (Å²) < 4.78 is 32.8. The van der Waals surface area contributed by atoms with Gasteiger partial charge in [-0.25, -0.2) is 8.42 Å². The maximum Gasteiger partial charge on any atom is 0.214 e. The second-order valence-electron chi connectivity index (χ2n) is 6.13. The van der Waals surface area contributed by atoms with Gasteiger partial charge in [-0.3, -0.25) is 0 Å². The Balaban J connectivity index is 1.68. The summed E-state index contributed by atoms with van der Waals surface area (Å²) in [6, 6.07) is 17.7. The third-order valence-corrected chi connectivity index (χ3v) is 6.29. The zero-order chi connectivity index (χ0) is 17.0. The van der Waals surface area contributed by atoms with Crippen LogP contribution in [-0.2, 0) is 21.2 Å². The van der Waals surface area contributed by atoms with E-state index >= 15 is 0 Å². The van der Waals surface area contributed by atoms with Crippen LogP contribution in [0.15, 0.2) is 54.6 Å². The summed E-state index contributed by atoms with van der Waals surface area (Å²) in [4.78, 5) is 0. The van der Waals surface area contributed by atoms with Crippen molar-refractivity contribution in [2.75, 3.05) is 25.4 Å². The molecule has 0 N–H and O–H groups in total. The number of hydrogen-bond acceptors (Lipinski definition) is 3. The molecule has 0 aliphatic carbocycles. The molecule has 1 aliphatic rings. The molecular formula is C19H23NO3S. The molecule has 4 nitrogen and oxygen atoms in total. The smallest absolute Gasteiger partial charge is 0.214 e. The van der Waals surface area contributed by atoms with E-state index in [1.54, 1.807) is 4.31 Å². The van der Waals surface area contributed by atoms with Crippen molar-refractivity contribution in [3.63, 3.8) is 0 Å². The highest BCUT2D eigenvalue weighted by atomic mass is 32.2. The van der Waals surface area contributed by atoms with Gasteiger partial charge in [0.2, 0.25) is 10.0 Å². The number of aryl methyl sites for hydroxylation is 2. The summed E-state index contributed by atoms with van der Waals surface area (Å²) in [5.41, 5.74) is 3.25. The minimum atomic E-state index is -3.28. The van der Waals surface area contributed by atoms with E-state index < -0.39 is 10.0 Å². The van der Waals surface area contributed by atoms with Crippen molar-refractivity contribution in [2.45, 2.75) is 19.4 Å². The predicted octanol–water partition coefficient (Wildman–Crippen LogP) is 2.94. The molecule has 0 amide bonds. The Kier molecular flexibility index (Phi) is 5.33. The van der Waals surface area contributed by atoms with E-state index in [4.69, 9.17) is 4.74 Å². The lowest BCUT2D eigenvalue weighted by molar-refractivity contribution is -0.00286. The monoisotopic (exact) mass is 345 g/mol. The van der Waals surface area contributed by atoms with Crippen molar-refractivity contribution in [3.05, 3.63) is 71.3 Å². The second kappa shape index (κ2) is 7.47. The SMILES string of the molecule is Cc1ccccc1C1CN(S(=O)(=O)CCc2ccccc2)CCO1. The summed E-state index contributed by atoms with van der Waals surface area (Å²) in [5.74, 6) is 0.136. The third-order valence-electron chi connectivity index (χ3n) is 4.45. The van der Waals surface area contributed by atoms with E-state index in [2.05, 4.69) is 0 Å². The largest absolute Gasteiger partial charge is 0.371 e. The van der Waals surface area contributed by atoms with E-state index in [0.29, 0.717) is 26.1 Å². The lowest BCUT2D eigenvalue weighted by Crippen LogP contribution is -2.43. The number of nitrogens with zero attached hydrogens (tertiary/aromatic N) is 1. The minimum Gasteiger partial charge on any atom is -0.371 e. The molecule has 0 saturated carbocycles. The molecule has 1 fully saturated rings. The fraction of sp³-hybridized carbons (Fsp3) is 0.368. The summed E-state index contributed by atoms with van der Waals surface area (Å²) >= 11 is 0. The molecule has 3 rings (SSSR count). The molecular weight excluding hydrogens is 322 g/mol. The van der Waals surface area contributed by atoms with Gasteiger partial charge in [-0.05, 0) is 30.0 Å². The molecule has 1 saturated heterocycles. The average molecular weight is 345 g/mol. The van der Waals surface area contributed by atoms with Crippen molar-refractivity contribution in [1.82, 2.24) is 4.31 Å². The Bertz CT molecular complexity index is 774. The topological polar surface area (TPSA) is 46.6 Å². The van der Waals surface area contributed by atoms with E-state index in [-0.39, 0.29) is 11.9 Å². The van der Waals surface area contributed by atoms with Crippen molar-refractivity contribution in [2.24, 2.45) is 0 Å². The van der Waals surface area contributed by atoms with Crippen LogP contribution in [0.1, 0.15) is 22.8 Å². The van der Waals surface area contributed by atoms with E-state index in [1.807, 2.05) is 61.5 Å². The zero-order valence-corrected chi connectivity index (χ0v) is 14.7. The van der Waals surface area contributed by atoms with Gasteiger partial charge < -0.3 is 4.74 Å². The van der Waals surface area contributed by atoms with Crippen LogP contribution < -0.4 is 0 Å². The molecule has 1 atom stereocenters. The average Bonchev–Trinajstić information content (AvgIpc) is 2.61. The third kappa shape index (κ3) is 4.04. The fourth-order valence-electron chi connectivity index (χ4n) is 3.04. The first kappa shape index (κ1) is 17.1. The molecule has 2 aromatic carbocycles. The molecule has 1 aliphatic heterocycles. The van der Waals surface area contributed by atoms with Crippen molar-refractivity contribution >= 4 is 10.0 Å². The Morgan fingerprint density at radius 2 is 1.79 bits per heavy atom. The highest BCUT2D eigenvalue weighted by Gasteiger charge is 2.30. The number of hydrogen-bond donors (Lipinski definition) is 0. The van der Waals surface area contributed by atoms with Crippen LogP contribution in [0.5, 0.6) is 0 Å². The molecule has 0 aromatic heterocycles. The van der Waals surface area contributed by atoms with Crippen molar-refractivity contribution < 1.29 is 13.2 Å². The molecule has 0 radical (unpaired) electrons. The Hall–Kier alpha value is -1.69. The zero-order valence-electron chi connectivity index (χ0n) is 13.9. The highest BCUT2D eigenvalue weighted by molar-refractivity contribution is 7.89. The van der Waals surface area contributed by atoms with E-state index in [0.717, 1.165) is 16.7 Å². The van der Waals surface area contributed by atoms with Crippen LogP contribution in [0, 0.1) is 6.92 Å². The van der Waals surface area contributed by atoms with Crippen LogP contribution in [0.25, 0.3) is 0 Å². The first-order valence-corrected chi connectivity index (χ1v) is 9.86. The summed E-state index contributed by atoms with van der Waals surface area (Å²) in [5, 5.41) is 0. The van der Waals surface area contributed by atoms with Crippen LogP contribution >= 0.6 is 0 Å². The molecule has 2 aromatic rings. The maximum atomic E-state index is 12.7. The summed E-state index contributed by atoms with van der Waals surface area (Å²) in [7, 11) is -3.28. The van der Waals surface area contributed by atoms with Crippen LogP contribution in [-0.4, -0.2) is 38.2 Å². The first-order chi connectivity index (χ1) is 11.6. The van der Waals surface area contributed by atoms with E-state index in [9.17, 15) is 8.42 Å². The maximum absolute atomic E-state index is 12.7. The Morgan fingerprint density at radius 3 is 2.54 bits per heavy atom. The van der Waals surface area contributed by atoms with Gasteiger partial charge in [-0.2, -0.15) is 4.31 Å². The number of benzene rings is 2. The minimum absolute atomic E-state index is 0.136. The number of ether oxygens (including phenoxy) is 1. The van der Waals surface area contributed by atoms with Gasteiger partial charge in [-0.15, -0.1) is 0 Å². The van der Waals surface area contributed by atoms with Gasteiger partial charge in [0.05, 0.1) is 18.5 Å². The van der Waals surface area contributed by atoms with Crippen LogP contribution in [0.2, 0.25) is 0 Å². The normalized spacial score (nSPS) is 19.3. The molecule has 0 bridgehead atoms. The van der Waals surface area contributed by atoms with Crippen LogP contribution in [0.4, 0.5) is 0 Å². The van der Waals surface area contributed by atoms with Gasteiger partial charge in [0.15, 0.2) is 0 Å². The molecule has 128 valence electrons. The number of sulfonamides is 1. The Morgan fingerprint density at radius 1 is 1.08 bits per heavy atom. The van der Waals surface area contributed by atoms with Crippen LogP contribution in [0.3, 0.4) is 0 Å². The van der Waals surface area contributed by atoms with Gasteiger partial charge in [0.25, 0.3) is 0 Å². The Labute approximate surface area is 144 Å². The quantitative estimate of drug-likeness (QED) is 0.837. The number of morpholine rings is 1. The van der Waals surface area contributed by atoms with Gasteiger partial charge in [0, 0.05) is 13.1 Å². The molecule has 1 unspecified atom stereocenters. The summed E-state index contributed by atoms with van der Waals surface area (Å²) in [6.45, 7) is 3.28.